The minimum Gasteiger partial charge on any atom is -0.387 e. The SMILES string of the molecule is C[C@@](O)(COS(C)(=O)=O)CP(=O)(c1ccccc1)c1ccccc1. The lowest BCUT2D eigenvalue weighted by atomic mass is 10.2. The second-order valence-corrected chi connectivity index (χ2v) is 10.5. The van der Waals surface area contributed by atoms with Crippen molar-refractivity contribution in [1.29, 1.82) is 0 Å². The molecule has 0 saturated carbocycles. The highest BCUT2D eigenvalue weighted by Gasteiger charge is 2.37. The van der Waals surface area contributed by atoms with Gasteiger partial charge in [0.2, 0.25) is 0 Å². The second kappa shape index (κ2) is 7.19. The topological polar surface area (TPSA) is 80.7 Å². The summed E-state index contributed by atoms with van der Waals surface area (Å²) >= 11 is 0. The molecule has 0 radical (unpaired) electrons. The van der Waals surface area contributed by atoms with E-state index in [2.05, 4.69) is 0 Å². The van der Waals surface area contributed by atoms with Gasteiger partial charge in [0.25, 0.3) is 10.1 Å². The van der Waals surface area contributed by atoms with Crippen LogP contribution in [0.2, 0.25) is 0 Å². The quantitative estimate of drug-likeness (QED) is 0.595. The molecular formula is C17H21O5PS. The highest BCUT2D eigenvalue weighted by atomic mass is 32.2. The number of rotatable bonds is 7. The van der Waals surface area contributed by atoms with Gasteiger partial charge in [-0.15, -0.1) is 0 Å². The fourth-order valence-corrected chi connectivity index (χ4v) is 5.92. The van der Waals surface area contributed by atoms with E-state index in [0.717, 1.165) is 6.26 Å². The zero-order valence-electron chi connectivity index (χ0n) is 13.6. The highest BCUT2D eigenvalue weighted by molar-refractivity contribution is 7.86. The summed E-state index contributed by atoms with van der Waals surface area (Å²) in [5.74, 6) is 0. The van der Waals surface area contributed by atoms with Crippen molar-refractivity contribution in [2.75, 3.05) is 19.0 Å². The second-order valence-electron chi connectivity index (χ2n) is 6.03. The fraction of sp³-hybridized carbons (Fsp3) is 0.294. The summed E-state index contributed by atoms with van der Waals surface area (Å²) in [7, 11) is -6.84. The molecule has 5 nitrogen and oxygen atoms in total. The fourth-order valence-electron chi connectivity index (χ4n) is 2.43. The summed E-state index contributed by atoms with van der Waals surface area (Å²) in [6.45, 7) is 0.978. The predicted octanol–water partition coefficient (Wildman–Crippen LogP) is 1.73. The molecule has 0 aromatic heterocycles. The van der Waals surface area contributed by atoms with Crippen molar-refractivity contribution in [3.8, 4) is 0 Å². The number of aliphatic hydroxyl groups is 1. The molecular weight excluding hydrogens is 347 g/mol. The summed E-state index contributed by atoms with van der Waals surface area (Å²) in [4.78, 5) is 0. The van der Waals surface area contributed by atoms with Crippen LogP contribution >= 0.6 is 7.14 Å². The van der Waals surface area contributed by atoms with Gasteiger partial charge in [-0.2, -0.15) is 8.42 Å². The molecule has 0 aliphatic carbocycles. The van der Waals surface area contributed by atoms with Crippen LogP contribution in [0, 0.1) is 0 Å². The Bertz CT molecular complexity index is 773. The molecule has 0 aliphatic rings. The molecule has 1 atom stereocenters. The van der Waals surface area contributed by atoms with Gasteiger partial charge in [0, 0.05) is 16.8 Å². The molecule has 1 N–H and O–H groups in total. The van der Waals surface area contributed by atoms with Crippen molar-refractivity contribution in [2.24, 2.45) is 0 Å². The Labute approximate surface area is 142 Å². The highest BCUT2D eigenvalue weighted by Crippen LogP contribution is 2.46. The van der Waals surface area contributed by atoms with Gasteiger partial charge >= 0.3 is 0 Å². The largest absolute Gasteiger partial charge is 0.387 e. The molecule has 130 valence electrons. The summed E-state index contributed by atoms with van der Waals surface area (Å²) in [5, 5.41) is 11.8. The van der Waals surface area contributed by atoms with Gasteiger partial charge in [-0.25, -0.2) is 0 Å². The van der Waals surface area contributed by atoms with Crippen molar-refractivity contribution < 1.29 is 22.3 Å². The van der Waals surface area contributed by atoms with E-state index in [0.29, 0.717) is 10.6 Å². The van der Waals surface area contributed by atoms with E-state index in [-0.39, 0.29) is 6.16 Å². The van der Waals surface area contributed by atoms with Crippen LogP contribution in [-0.4, -0.2) is 38.1 Å². The molecule has 7 heteroatoms. The van der Waals surface area contributed by atoms with Gasteiger partial charge in [-0.1, -0.05) is 60.7 Å². The lowest BCUT2D eigenvalue weighted by molar-refractivity contribution is 0.0340. The van der Waals surface area contributed by atoms with Crippen LogP contribution in [-0.2, 0) is 18.9 Å². The van der Waals surface area contributed by atoms with Gasteiger partial charge in [0.15, 0.2) is 0 Å². The van der Waals surface area contributed by atoms with E-state index >= 15 is 0 Å². The van der Waals surface area contributed by atoms with Crippen molar-refractivity contribution in [3.63, 3.8) is 0 Å². The van der Waals surface area contributed by atoms with Crippen LogP contribution in [0.25, 0.3) is 0 Å². The van der Waals surface area contributed by atoms with Crippen LogP contribution in [0.5, 0.6) is 0 Å². The smallest absolute Gasteiger partial charge is 0.264 e. The van der Waals surface area contributed by atoms with E-state index in [4.69, 9.17) is 4.18 Å². The minimum atomic E-state index is -3.69. The van der Waals surface area contributed by atoms with Gasteiger partial charge < -0.3 is 9.67 Å². The number of hydrogen-bond donors (Lipinski definition) is 1. The molecule has 0 bridgehead atoms. The first kappa shape index (κ1) is 18.9. The Morgan fingerprint density at radius 2 is 1.42 bits per heavy atom. The third kappa shape index (κ3) is 5.02. The van der Waals surface area contributed by atoms with Crippen molar-refractivity contribution in [1.82, 2.24) is 0 Å². The standard InChI is InChI=1S/C17H21O5PS/c1-17(18,13-22-24(2,20)21)14-23(19,15-9-5-3-6-10-15)16-11-7-4-8-12-16/h3-12,18H,13-14H2,1-2H3/t17-/m1/s1. The van der Waals surface area contributed by atoms with Crippen molar-refractivity contribution in [3.05, 3.63) is 60.7 Å². The van der Waals surface area contributed by atoms with Crippen molar-refractivity contribution in [2.45, 2.75) is 12.5 Å². The van der Waals surface area contributed by atoms with Crippen LogP contribution < -0.4 is 10.6 Å². The van der Waals surface area contributed by atoms with Gasteiger partial charge in [-0.3, -0.25) is 4.18 Å². The van der Waals surface area contributed by atoms with E-state index in [1.165, 1.54) is 6.92 Å². The molecule has 0 aliphatic heterocycles. The average molecular weight is 368 g/mol. The molecule has 2 rings (SSSR count). The molecule has 0 unspecified atom stereocenters. The van der Waals surface area contributed by atoms with E-state index in [1.54, 1.807) is 48.5 Å². The first-order valence-corrected chi connectivity index (χ1v) is 11.1. The lowest BCUT2D eigenvalue weighted by Gasteiger charge is -2.29. The Hall–Kier alpha value is -1.46. The molecule has 24 heavy (non-hydrogen) atoms. The summed E-state index contributed by atoms with van der Waals surface area (Å²) < 4.78 is 40.9. The van der Waals surface area contributed by atoms with Gasteiger partial charge in [0.1, 0.15) is 7.14 Å². The maximum Gasteiger partial charge on any atom is 0.264 e. The van der Waals surface area contributed by atoms with Crippen LogP contribution in [0.4, 0.5) is 0 Å². The number of benzene rings is 2. The zero-order valence-corrected chi connectivity index (χ0v) is 15.3. The first-order valence-electron chi connectivity index (χ1n) is 7.40. The van der Waals surface area contributed by atoms with E-state index in [1.807, 2.05) is 12.1 Å². The zero-order chi connectivity index (χ0) is 17.8. The van der Waals surface area contributed by atoms with Crippen LogP contribution in [0.15, 0.2) is 60.7 Å². The van der Waals surface area contributed by atoms with Gasteiger partial charge in [0.05, 0.1) is 18.5 Å². The Kier molecular flexibility index (Phi) is 5.66. The van der Waals surface area contributed by atoms with Crippen LogP contribution in [0.1, 0.15) is 6.92 Å². The molecule has 2 aromatic rings. The molecule has 0 saturated heterocycles. The summed E-state index contributed by atoms with van der Waals surface area (Å²) in [6.07, 6.45) is 0.792. The Morgan fingerprint density at radius 1 is 1.00 bits per heavy atom. The Morgan fingerprint density at radius 3 is 1.79 bits per heavy atom. The van der Waals surface area contributed by atoms with E-state index < -0.39 is 29.5 Å². The minimum absolute atomic E-state index is 0.121. The maximum atomic E-state index is 13.8. The monoisotopic (exact) mass is 368 g/mol. The normalized spacial score (nSPS) is 15.0. The average Bonchev–Trinajstić information content (AvgIpc) is 2.54. The third-order valence-electron chi connectivity index (χ3n) is 3.49. The molecule has 0 fully saturated rings. The molecule has 0 heterocycles. The molecule has 0 amide bonds. The lowest BCUT2D eigenvalue weighted by Crippen LogP contribution is -2.39. The van der Waals surface area contributed by atoms with Crippen LogP contribution in [0.3, 0.4) is 0 Å². The molecule has 2 aromatic carbocycles. The summed E-state index contributed by atoms with van der Waals surface area (Å²) in [6, 6.07) is 17.8. The maximum absolute atomic E-state index is 13.8. The van der Waals surface area contributed by atoms with Crippen molar-refractivity contribution >= 4 is 27.9 Å². The first-order chi connectivity index (χ1) is 11.1. The summed E-state index contributed by atoms with van der Waals surface area (Å²) in [5.41, 5.74) is -1.57. The predicted molar refractivity (Wildman–Crippen MR) is 96.0 cm³/mol. The van der Waals surface area contributed by atoms with E-state index in [9.17, 15) is 18.1 Å². The van der Waals surface area contributed by atoms with Gasteiger partial charge in [-0.05, 0) is 6.92 Å². The number of hydrogen-bond acceptors (Lipinski definition) is 5. The third-order valence-corrected chi connectivity index (χ3v) is 7.43. The Balaban J connectivity index is 2.40. The molecule has 0 spiro atoms.